The zero-order valence-electron chi connectivity index (χ0n) is 14.5. The lowest BCUT2D eigenvalue weighted by atomic mass is 10.1. The molecule has 1 fully saturated rings. The maximum Gasteiger partial charge on any atom is 0.220 e. The standard InChI is InChI=1S/C18H24N4O2S/c1-14-17(25-13-21-14)2-3-18(23)20-12-16(15-4-6-19-7-5-15)22-8-10-24-11-9-22/h4-7,13,16H,2-3,8-12H2,1H3,(H,20,23). The molecular formula is C18H24N4O2S. The van der Waals surface area contributed by atoms with Gasteiger partial charge < -0.3 is 10.1 Å². The highest BCUT2D eigenvalue weighted by atomic mass is 32.1. The Labute approximate surface area is 152 Å². The summed E-state index contributed by atoms with van der Waals surface area (Å²) in [5.74, 6) is 0.0834. The highest BCUT2D eigenvalue weighted by molar-refractivity contribution is 7.09. The number of hydrogen-bond donors (Lipinski definition) is 1. The van der Waals surface area contributed by atoms with Gasteiger partial charge in [-0.2, -0.15) is 0 Å². The molecule has 0 spiro atoms. The van der Waals surface area contributed by atoms with Crippen molar-refractivity contribution < 1.29 is 9.53 Å². The lowest BCUT2D eigenvalue weighted by Gasteiger charge is -2.34. The molecule has 3 rings (SSSR count). The number of carbonyl (C=O) groups excluding carboxylic acids is 1. The molecular weight excluding hydrogens is 336 g/mol. The second-order valence-corrected chi connectivity index (χ2v) is 7.05. The molecule has 1 atom stereocenters. The van der Waals surface area contributed by atoms with E-state index >= 15 is 0 Å². The van der Waals surface area contributed by atoms with Crippen LogP contribution in [0.3, 0.4) is 0 Å². The van der Waals surface area contributed by atoms with Gasteiger partial charge in [0.25, 0.3) is 0 Å². The molecule has 1 N–H and O–H groups in total. The summed E-state index contributed by atoms with van der Waals surface area (Å²) in [6, 6.07) is 4.20. The second-order valence-electron chi connectivity index (χ2n) is 6.11. The van der Waals surface area contributed by atoms with Gasteiger partial charge in [0.15, 0.2) is 0 Å². The molecule has 0 radical (unpaired) electrons. The number of nitrogens with one attached hydrogen (secondary N) is 1. The van der Waals surface area contributed by atoms with E-state index in [2.05, 4.69) is 20.2 Å². The Balaban J connectivity index is 1.56. The summed E-state index contributed by atoms with van der Waals surface area (Å²) in [6.45, 7) is 5.82. The predicted octanol–water partition coefficient (Wildman–Crippen LogP) is 1.97. The van der Waals surface area contributed by atoms with Crippen LogP contribution in [0.25, 0.3) is 0 Å². The van der Waals surface area contributed by atoms with Crippen LogP contribution in [0, 0.1) is 6.92 Å². The van der Waals surface area contributed by atoms with Gasteiger partial charge in [-0.15, -0.1) is 11.3 Å². The van der Waals surface area contributed by atoms with Crippen molar-refractivity contribution in [2.45, 2.75) is 25.8 Å². The van der Waals surface area contributed by atoms with E-state index in [9.17, 15) is 4.79 Å². The fraction of sp³-hybridized carbons (Fsp3) is 0.500. The predicted molar refractivity (Wildman–Crippen MR) is 97.6 cm³/mol. The summed E-state index contributed by atoms with van der Waals surface area (Å²) in [7, 11) is 0. The van der Waals surface area contributed by atoms with Crippen LogP contribution in [0.2, 0.25) is 0 Å². The molecule has 25 heavy (non-hydrogen) atoms. The number of aryl methyl sites for hydroxylation is 2. The molecule has 1 saturated heterocycles. The van der Waals surface area contributed by atoms with Crippen molar-refractivity contribution in [1.82, 2.24) is 20.2 Å². The van der Waals surface area contributed by atoms with Crippen molar-refractivity contribution in [1.29, 1.82) is 0 Å². The Hall–Kier alpha value is -1.83. The molecule has 0 saturated carbocycles. The first-order chi connectivity index (χ1) is 12.2. The third kappa shape index (κ3) is 5.07. The number of thiazole rings is 1. The van der Waals surface area contributed by atoms with Crippen molar-refractivity contribution in [2.24, 2.45) is 0 Å². The van der Waals surface area contributed by atoms with Crippen LogP contribution >= 0.6 is 11.3 Å². The van der Waals surface area contributed by atoms with Crippen molar-refractivity contribution >= 4 is 17.2 Å². The Morgan fingerprint density at radius 1 is 1.36 bits per heavy atom. The Bertz CT molecular complexity index is 671. The van der Waals surface area contributed by atoms with Crippen LogP contribution in [0.1, 0.15) is 28.6 Å². The van der Waals surface area contributed by atoms with Gasteiger partial charge >= 0.3 is 0 Å². The topological polar surface area (TPSA) is 67.4 Å². The number of carbonyl (C=O) groups is 1. The van der Waals surface area contributed by atoms with Crippen molar-refractivity contribution in [3.63, 3.8) is 0 Å². The highest BCUT2D eigenvalue weighted by Gasteiger charge is 2.23. The molecule has 0 aromatic carbocycles. The first-order valence-electron chi connectivity index (χ1n) is 8.61. The van der Waals surface area contributed by atoms with Gasteiger partial charge in [-0.3, -0.25) is 14.7 Å². The number of amides is 1. The van der Waals surface area contributed by atoms with Crippen molar-refractivity contribution in [2.75, 3.05) is 32.8 Å². The van der Waals surface area contributed by atoms with Crippen molar-refractivity contribution in [3.8, 4) is 0 Å². The monoisotopic (exact) mass is 360 g/mol. The average Bonchev–Trinajstić information content (AvgIpc) is 3.07. The van der Waals surface area contributed by atoms with Gasteiger partial charge in [0.1, 0.15) is 0 Å². The zero-order valence-corrected chi connectivity index (χ0v) is 15.3. The van der Waals surface area contributed by atoms with E-state index < -0.39 is 0 Å². The number of hydrogen-bond acceptors (Lipinski definition) is 6. The zero-order chi connectivity index (χ0) is 17.5. The van der Waals surface area contributed by atoms with Gasteiger partial charge in [0.2, 0.25) is 5.91 Å². The van der Waals surface area contributed by atoms with E-state index in [0.29, 0.717) is 13.0 Å². The van der Waals surface area contributed by atoms with E-state index in [1.54, 1.807) is 23.7 Å². The minimum Gasteiger partial charge on any atom is -0.379 e. The second kappa shape index (κ2) is 9.03. The summed E-state index contributed by atoms with van der Waals surface area (Å²) in [5, 5.41) is 3.10. The fourth-order valence-corrected chi connectivity index (χ4v) is 3.81. The maximum absolute atomic E-state index is 12.3. The van der Waals surface area contributed by atoms with Crippen LogP contribution < -0.4 is 5.32 Å². The lowest BCUT2D eigenvalue weighted by Crippen LogP contribution is -2.43. The minimum absolute atomic E-state index is 0.0834. The number of morpholine rings is 1. The number of nitrogens with zero attached hydrogens (tertiary/aromatic N) is 3. The third-order valence-electron chi connectivity index (χ3n) is 4.49. The van der Waals surface area contributed by atoms with E-state index in [-0.39, 0.29) is 11.9 Å². The quantitative estimate of drug-likeness (QED) is 0.818. The normalized spacial score (nSPS) is 16.5. The van der Waals surface area contributed by atoms with Crippen LogP contribution in [0.15, 0.2) is 30.0 Å². The summed E-state index contributed by atoms with van der Waals surface area (Å²) in [5.41, 5.74) is 4.04. The molecule has 2 aromatic rings. The SMILES string of the molecule is Cc1ncsc1CCC(=O)NCC(c1ccncc1)N1CCOCC1. The number of ether oxygens (including phenoxy) is 1. The summed E-state index contributed by atoms with van der Waals surface area (Å²) in [4.78, 5) is 24.2. The van der Waals surface area contributed by atoms with E-state index in [0.717, 1.165) is 38.4 Å². The number of aromatic nitrogens is 2. The summed E-state index contributed by atoms with van der Waals surface area (Å²) in [6.07, 6.45) is 4.85. The number of rotatable bonds is 7. The number of pyridine rings is 1. The molecule has 1 aliphatic rings. The Morgan fingerprint density at radius 2 is 2.12 bits per heavy atom. The van der Waals surface area contributed by atoms with E-state index in [1.807, 2.05) is 24.6 Å². The highest BCUT2D eigenvalue weighted by Crippen LogP contribution is 2.21. The molecule has 1 amide bonds. The molecule has 3 heterocycles. The lowest BCUT2D eigenvalue weighted by molar-refractivity contribution is -0.121. The van der Waals surface area contributed by atoms with Gasteiger partial charge in [-0.1, -0.05) is 0 Å². The average molecular weight is 360 g/mol. The third-order valence-corrected chi connectivity index (χ3v) is 5.49. The maximum atomic E-state index is 12.3. The summed E-state index contributed by atoms with van der Waals surface area (Å²) < 4.78 is 5.46. The van der Waals surface area contributed by atoms with Crippen LogP contribution in [0.4, 0.5) is 0 Å². The van der Waals surface area contributed by atoms with E-state index in [1.165, 1.54) is 10.4 Å². The van der Waals surface area contributed by atoms with Crippen LogP contribution in [0.5, 0.6) is 0 Å². The molecule has 1 aliphatic heterocycles. The molecule has 2 aromatic heterocycles. The first-order valence-corrected chi connectivity index (χ1v) is 9.49. The molecule has 134 valence electrons. The Kier molecular flexibility index (Phi) is 6.49. The van der Waals surface area contributed by atoms with Crippen LogP contribution in [-0.2, 0) is 16.0 Å². The van der Waals surface area contributed by atoms with Crippen molar-refractivity contribution in [3.05, 3.63) is 46.2 Å². The minimum atomic E-state index is 0.0834. The summed E-state index contributed by atoms with van der Waals surface area (Å²) >= 11 is 1.62. The van der Waals surface area contributed by atoms with Gasteiger partial charge in [0.05, 0.1) is 30.5 Å². The van der Waals surface area contributed by atoms with Crippen LogP contribution in [-0.4, -0.2) is 53.6 Å². The molecule has 0 aliphatic carbocycles. The fourth-order valence-electron chi connectivity index (χ4n) is 3.02. The smallest absolute Gasteiger partial charge is 0.220 e. The molecule has 1 unspecified atom stereocenters. The van der Waals surface area contributed by atoms with E-state index in [4.69, 9.17) is 4.74 Å². The van der Waals surface area contributed by atoms with Gasteiger partial charge in [0, 0.05) is 43.3 Å². The Morgan fingerprint density at radius 3 is 2.80 bits per heavy atom. The molecule has 6 nitrogen and oxygen atoms in total. The first kappa shape index (κ1) is 18.0. The largest absolute Gasteiger partial charge is 0.379 e. The molecule has 7 heteroatoms. The van der Waals surface area contributed by atoms with Gasteiger partial charge in [-0.25, -0.2) is 4.98 Å². The molecule has 0 bridgehead atoms. The van der Waals surface area contributed by atoms with Gasteiger partial charge in [-0.05, 0) is 31.0 Å².